The van der Waals surface area contributed by atoms with Gasteiger partial charge in [0.15, 0.2) is 6.17 Å². The summed E-state index contributed by atoms with van der Waals surface area (Å²) in [6, 6.07) is 8.81. The van der Waals surface area contributed by atoms with E-state index in [1.807, 2.05) is 40.3 Å². The van der Waals surface area contributed by atoms with Crippen LogP contribution in [-0.4, -0.2) is 149 Å². The summed E-state index contributed by atoms with van der Waals surface area (Å²) in [5.74, 6) is -3.61. The quantitative estimate of drug-likeness (QED) is 0.201. The number of imide groups is 1. The average Bonchev–Trinajstić information content (AvgIpc) is 3.96. The van der Waals surface area contributed by atoms with Crippen molar-refractivity contribution in [3.63, 3.8) is 0 Å². The Morgan fingerprint density at radius 3 is 2.44 bits per heavy atom. The monoisotopic (exact) mass is 958 g/mol. The second-order valence-electron chi connectivity index (χ2n) is 19.2. The maximum absolute atomic E-state index is 16.1. The van der Waals surface area contributed by atoms with Crippen molar-refractivity contribution in [2.75, 3.05) is 71.4 Å². The Bertz CT molecular complexity index is 2540. The zero-order valence-electron chi connectivity index (χ0n) is 38.9. The van der Waals surface area contributed by atoms with E-state index >= 15 is 8.78 Å². The smallest absolute Gasteiger partial charge is 0.328 e. The van der Waals surface area contributed by atoms with Gasteiger partial charge in [0, 0.05) is 99.7 Å². The second kappa shape index (κ2) is 19.4. The van der Waals surface area contributed by atoms with E-state index in [0.29, 0.717) is 72.5 Å². The third-order valence-electron chi connectivity index (χ3n) is 15.1. The molecule has 1 aliphatic carbocycles. The molecule has 2 aromatic carbocycles. The minimum Gasteiger partial charge on any atom is -0.400 e. The van der Waals surface area contributed by atoms with Crippen molar-refractivity contribution in [3.8, 4) is 0 Å². The summed E-state index contributed by atoms with van der Waals surface area (Å²) in [6.45, 7) is 5.66. The number of piperidine rings is 3. The van der Waals surface area contributed by atoms with Crippen molar-refractivity contribution in [2.24, 2.45) is 16.3 Å². The van der Waals surface area contributed by atoms with E-state index < -0.39 is 17.9 Å². The summed E-state index contributed by atoms with van der Waals surface area (Å²) < 4.78 is 33.9. The predicted molar refractivity (Wildman–Crippen MR) is 255 cm³/mol. The predicted octanol–water partition coefficient (Wildman–Crippen LogP) is 4.66. The van der Waals surface area contributed by atoms with Gasteiger partial charge in [-0.15, -0.1) is 0 Å². The Labute approximate surface area is 399 Å². The van der Waals surface area contributed by atoms with E-state index in [2.05, 4.69) is 31.3 Å². The first-order valence-corrected chi connectivity index (χ1v) is 24.1. The Balaban J connectivity index is 0.00000285. The summed E-state index contributed by atoms with van der Waals surface area (Å²) in [4.78, 5) is 63.2. The molecule has 2 atom stereocenters. The molecule has 7 heterocycles. The molecule has 5 N–H and O–H groups in total. The number of aliphatic hydroxyl groups is 1. The zero-order valence-corrected chi connectivity index (χ0v) is 39.6. The van der Waals surface area contributed by atoms with Gasteiger partial charge in [-0.25, -0.2) is 18.3 Å². The number of nitrogens with zero attached hydrogens (tertiary/aromatic N) is 8. The van der Waals surface area contributed by atoms with Crippen molar-refractivity contribution in [3.05, 3.63) is 76.2 Å². The third-order valence-corrected chi connectivity index (χ3v) is 15.5. The Hall–Kier alpha value is -5.63. The van der Waals surface area contributed by atoms with Gasteiger partial charge in [0.25, 0.3) is 17.7 Å². The van der Waals surface area contributed by atoms with Crippen LogP contribution in [-0.2, 0) is 16.1 Å². The maximum Gasteiger partial charge on any atom is 0.328 e. The molecule has 5 fully saturated rings. The van der Waals surface area contributed by atoms with Crippen molar-refractivity contribution in [1.82, 2.24) is 50.9 Å². The van der Waals surface area contributed by atoms with Crippen LogP contribution in [0.2, 0.25) is 5.02 Å². The molecule has 4 saturated heterocycles. The molecule has 0 radical (unpaired) electrons. The van der Waals surface area contributed by atoms with Crippen LogP contribution < -0.4 is 26.3 Å². The molecule has 17 nitrogen and oxygen atoms in total. The molecule has 2 unspecified atom stereocenters. The van der Waals surface area contributed by atoms with Crippen LogP contribution >= 0.6 is 11.6 Å². The topological polar surface area (TPSA) is 183 Å². The lowest BCUT2D eigenvalue weighted by molar-refractivity contribution is -0.123. The molecule has 6 aliphatic heterocycles. The number of alkyl halides is 2. The number of likely N-dealkylation sites (tertiary alicyclic amines) is 3. The second-order valence-corrected chi connectivity index (χ2v) is 19.6. The lowest BCUT2D eigenvalue weighted by atomic mass is 9.71. The molecule has 10 rings (SSSR count). The fourth-order valence-corrected chi connectivity index (χ4v) is 10.9. The largest absolute Gasteiger partial charge is 0.400 e. The van der Waals surface area contributed by atoms with Crippen LogP contribution in [0.3, 0.4) is 0 Å². The Morgan fingerprint density at radius 2 is 1.75 bits per heavy atom. The number of nitrogens with one attached hydrogen (secondary N) is 4. The molecule has 5 amide bonds. The fraction of sp³-hybridized carbons (Fsp3) is 0.542. The van der Waals surface area contributed by atoms with Crippen molar-refractivity contribution in [1.29, 1.82) is 0 Å². The zero-order chi connectivity index (χ0) is 47.9. The van der Waals surface area contributed by atoms with Gasteiger partial charge in [-0.1, -0.05) is 23.7 Å². The molecule has 7 aliphatic rings. The highest BCUT2D eigenvalue weighted by Gasteiger charge is 2.47. The van der Waals surface area contributed by atoms with E-state index in [9.17, 15) is 19.2 Å². The van der Waals surface area contributed by atoms with Gasteiger partial charge in [0.05, 0.1) is 23.5 Å². The molecule has 68 heavy (non-hydrogen) atoms. The van der Waals surface area contributed by atoms with Gasteiger partial charge in [-0.05, 0) is 113 Å². The lowest BCUT2D eigenvalue weighted by Gasteiger charge is -2.48. The summed E-state index contributed by atoms with van der Waals surface area (Å²) in [6.07, 6.45) is 12.3. The molecule has 1 spiro atoms. The summed E-state index contributed by atoms with van der Waals surface area (Å²) in [5, 5.41) is 23.6. The fourth-order valence-electron chi connectivity index (χ4n) is 10.7. The minimum absolute atomic E-state index is 0.0668. The average molecular weight is 960 g/mol. The number of rotatable bonds is 9. The van der Waals surface area contributed by atoms with Crippen molar-refractivity contribution >= 4 is 63.5 Å². The van der Waals surface area contributed by atoms with Crippen molar-refractivity contribution < 1.29 is 33.1 Å². The number of anilines is 1. The number of hydrazine groups is 1. The molecule has 0 bridgehead atoms. The molecular weight excluding hydrogens is 898 g/mol. The Morgan fingerprint density at radius 1 is 1.00 bits per heavy atom. The van der Waals surface area contributed by atoms with Gasteiger partial charge in [0.1, 0.15) is 11.5 Å². The Kier molecular flexibility index (Phi) is 13.5. The number of aromatic nitrogens is 2. The molecule has 364 valence electrons. The number of halogens is 3. The molecule has 20 heteroatoms. The van der Waals surface area contributed by atoms with Crippen LogP contribution in [0.25, 0.3) is 16.7 Å². The summed E-state index contributed by atoms with van der Waals surface area (Å²) in [5.41, 5.74) is 7.86. The van der Waals surface area contributed by atoms with E-state index in [4.69, 9.17) is 21.8 Å². The van der Waals surface area contributed by atoms with E-state index in [0.717, 1.165) is 87.3 Å². The number of urea groups is 1. The lowest BCUT2D eigenvalue weighted by Crippen LogP contribution is -2.55. The minimum atomic E-state index is -2.85. The number of benzene rings is 2. The summed E-state index contributed by atoms with van der Waals surface area (Å²) in [7, 11) is 2.71. The number of carbonyl (C=O) groups is 4. The number of hydrogen-bond acceptors (Lipinski definition) is 12. The van der Waals surface area contributed by atoms with Crippen LogP contribution in [0.15, 0.2) is 59.5 Å². The number of aliphatic hydroxyl groups excluding tert-OH is 1. The standard InChI is InChI=1S/C47H57ClF2N12O4.CH4O/c1-29-35(48)21-31(22-38(29)60-16-10-41(63)54-45(60)66)44(65)59-19-13-46(14-20-59)11-17-57(18-12-46)26-32-9-15-58(28-47(32,49)50)25-30-5-3-8-36-34(30)27-61(55-36)40-23-37(51-2)42-52-24-39(62(42)56-40)43(64)53-33-6-4-7-33;1-2/h3,5,8,21-24,27,32-33,42,52,56H,4,6-7,9-20,25-26,28H2,1-2H3,(H,53,64)(H,54,63,66);2H,1H3. The first-order valence-electron chi connectivity index (χ1n) is 23.7. The summed E-state index contributed by atoms with van der Waals surface area (Å²) >= 11 is 6.57. The number of fused-ring (bicyclic) bond motifs is 2. The first kappa shape index (κ1) is 47.4. The highest BCUT2D eigenvalue weighted by Crippen LogP contribution is 2.43. The van der Waals surface area contributed by atoms with Gasteiger partial charge in [0.2, 0.25) is 5.91 Å². The molecule has 1 aromatic heterocycles. The van der Waals surface area contributed by atoms with Gasteiger partial charge in [-0.2, -0.15) is 5.10 Å². The normalized spacial score (nSPS) is 24.6. The van der Waals surface area contributed by atoms with E-state index in [1.165, 1.54) is 4.90 Å². The number of carbonyl (C=O) groups excluding carboxylic acids is 4. The number of hydrogen-bond donors (Lipinski definition) is 5. The molecular formula is C48H61ClF2N12O5. The van der Waals surface area contributed by atoms with E-state index in [-0.39, 0.29) is 54.9 Å². The van der Waals surface area contributed by atoms with Gasteiger partial charge < -0.3 is 25.5 Å². The SMILES string of the molecule is CN=C1C=C(n2cc3c(CN4CCC(CN5CCC6(CC5)CCN(C(=O)c5cc(Cl)c(C)c(N7CCC(=O)NC7=O)c5)CC6)C(F)(F)C4)cccc3n2)NN2C(C(=O)NC3CCC3)=CNC12.CO. The highest BCUT2D eigenvalue weighted by atomic mass is 35.5. The highest BCUT2D eigenvalue weighted by molar-refractivity contribution is 6.32. The van der Waals surface area contributed by atoms with Crippen LogP contribution in [0.4, 0.5) is 19.3 Å². The first-order chi connectivity index (χ1) is 32.8. The number of aliphatic imine (C=N–C) groups is 1. The van der Waals surface area contributed by atoms with E-state index in [1.54, 1.807) is 42.0 Å². The van der Waals surface area contributed by atoms with Crippen LogP contribution in [0.1, 0.15) is 79.3 Å². The number of amides is 5. The maximum atomic E-state index is 16.1. The van der Waals surface area contributed by atoms with Gasteiger partial charge >= 0.3 is 6.03 Å². The van der Waals surface area contributed by atoms with Crippen LogP contribution in [0, 0.1) is 18.3 Å². The third kappa shape index (κ3) is 9.41. The molecule has 1 saturated carbocycles. The van der Waals surface area contributed by atoms with Crippen LogP contribution in [0.5, 0.6) is 0 Å². The van der Waals surface area contributed by atoms with Crippen molar-refractivity contribution in [2.45, 2.75) is 89.4 Å². The van der Waals surface area contributed by atoms with Gasteiger partial charge in [-0.3, -0.25) is 44.9 Å². The molecule has 3 aromatic rings.